The third-order valence-electron chi connectivity index (χ3n) is 3.60. The zero-order valence-electron chi connectivity index (χ0n) is 14.4. The van der Waals surface area contributed by atoms with E-state index in [1.54, 1.807) is 38.4 Å². The van der Waals surface area contributed by atoms with Crippen molar-refractivity contribution in [2.45, 2.75) is 18.7 Å². The van der Waals surface area contributed by atoms with Crippen molar-refractivity contribution in [3.8, 4) is 0 Å². The number of pyridine rings is 1. The molecule has 0 bridgehead atoms. The Bertz CT molecular complexity index is 896. The molecule has 26 heavy (non-hydrogen) atoms. The number of nitrogens with zero attached hydrogens (tertiary/aromatic N) is 4. The van der Waals surface area contributed by atoms with Gasteiger partial charge in [-0.15, -0.1) is 0 Å². The molecule has 0 saturated carbocycles. The molecule has 1 N–H and O–H groups in total. The van der Waals surface area contributed by atoms with Crippen LogP contribution in [0.4, 0.5) is 11.4 Å². The van der Waals surface area contributed by atoms with Crippen LogP contribution in [-0.2, 0) is 10.0 Å². The molecule has 9 nitrogen and oxygen atoms in total. The fraction of sp³-hybridized carbons (Fsp3) is 0.250. The number of sulfonamides is 1. The first-order valence-electron chi connectivity index (χ1n) is 7.87. The molecule has 0 fully saturated rings. The Kier molecular flexibility index (Phi) is 6.36. The van der Waals surface area contributed by atoms with Crippen molar-refractivity contribution < 1.29 is 13.3 Å². The third-order valence-corrected chi connectivity index (χ3v) is 5.69. The molecule has 0 atom stereocenters. The summed E-state index contributed by atoms with van der Waals surface area (Å²) < 4.78 is 26.9. The van der Waals surface area contributed by atoms with E-state index in [-0.39, 0.29) is 29.4 Å². The van der Waals surface area contributed by atoms with E-state index in [0.29, 0.717) is 0 Å². The Morgan fingerprint density at radius 1 is 1.23 bits per heavy atom. The van der Waals surface area contributed by atoms with Crippen LogP contribution in [0.25, 0.3) is 0 Å². The summed E-state index contributed by atoms with van der Waals surface area (Å²) in [6.07, 6.45) is 4.70. The fourth-order valence-corrected chi connectivity index (χ4v) is 3.88. The van der Waals surface area contributed by atoms with Gasteiger partial charge in [0.2, 0.25) is 10.0 Å². The van der Waals surface area contributed by atoms with Crippen molar-refractivity contribution in [3.05, 3.63) is 58.4 Å². The average Bonchev–Trinajstić information content (AvgIpc) is 2.63. The molecule has 0 aliphatic carbocycles. The highest BCUT2D eigenvalue weighted by Crippen LogP contribution is 2.29. The van der Waals surface area contributed by atoms with Gasteiger partial charge in [-0.25, -0.2) is 8.42 Å². The number of nitro groups is 1. The van der Waals surface area contributed by atoms with E-state index in [1.165, 1.54) is 22.7 Å². The van der Waals surface area contributed by atoms with Gasteiger partial charge < -0.3 is 0 Å². The summed E-state index contributed by atoms with van der Waals surface area (Å²) in [5, 5.41) is 15.1. The van der Waals surface area contributed by atoms with Gasteiger partial charge >= 0.3 is 0 Å². The second kappa shape index (κ2) is 8.50. The highest BCUT2D eigenvalue weighted by Gasteiger charge is 2.27. The Labute approximate surface area is 151 Å². The van der Waals surface area contributed by atoms with Crippen molar-refractivity contribution in [2.24, 2.45) is 5.10 Å². The number of nitro benzene ring substituents is 1. The molecule has 0 aliphatic rings. The number of anilines is 1. The predicted molar refractivity (Wildman–Crippen MR) is 98.7 cm³/mol. The molecule has 0 aliphatic heterocycles. The van der Waals surface area contributed by atoms with Gasteiger partial charge in [0.25, 0.3) is 5.69 Å². The zero-order valence-corrected chi connectivity index (χ0v) is 15.2. The minimum atomic E-state index is -3.90. The summed E-state index contributed by atoms with van der Waals surface area (Å²) >= 11 is 0. The van der Waals surface area contributed by atoms with E-state index >= 15 is 0 Å². The fourth-order valence-electron chi connectivity index (χ4n) is 2.26. The summed E-state index contributed by atoms with van der Waals surface area (Å²) in [6, 6.07) is 7.06. The minimum absolute atomic E-state index is 0.160. The lowest BCUT2D eigenvalue weighted by Gasteiger charge is -2.20. The molecule has 0 unspecified atom stereocenters. The molecule has 2 aromatic rings. The Hall–Kier alpha value is -2.85. The highest BCUT2D eigenvalue weighted by molar-refractivity contribution is 7.89. The van der Waals surface area contributed by atoms with Crippen LogP contribution in [0.3, 0.4) is 0 Å². The summed E-state index contributed by atoms with van der Waals surface area (Å²) in [7, 11) is -3.90. The molecule has 2 rings (SSSR count). The SMILES string of the molecule is CCN(CC)S(=O)(=O)c1cc([N+](=O)[O-])ccc1NN=Cc1ccncc1. The number of hydrogen-bond donors (Lipinski definition) is 1. The van der Waals surface area contributed by atoms with Crippen LogP contribution in [-0.4, -0.2) is 41.9 Å². The molecule has 1 aromatic heterocycles. The van der Waals surface area contributed by atoms with Crippen LogP contribution in [0.2, 0.25) is 0 Å². The molecule has 0 amide bonds. The maximum Gasteiger partial charge on any atom is 0.270 e. The van der Waals surface area contributed by atoms with Crippen LogP contribution < -0.4 is 5.43 Å². The van der Waals surface area contributed by atoms with Crippen LogP contribution in [0, 0.1) is 10.1 Å². The normalized spacial score (nSPS) is 11.8. The maximum absolute atomic E-state index is 12.8. The van der Waals surface area contributed by atoms with Crippen molar-refractivity contribution in [1.29, 1.82) is 0 Å². The van der Waals surface area contributed by atoms with Gasteiger partial charge in [-0.1, -0.05) is 13.8 Å². The van der Waals surface area contributed by atoms with E-state index in [4.69, 9.17) is 0 Å². The van der Waals surface area contributed by atoms with E-state index in [2.05, 4.69) is 15.5 Å². The molecule has 0 spiro atoms. The minimum Gasteiger partial charge on any atom is -0.277 e. The lowest BCUT2D eigenvalue weighted by Crippen LogP contribution is -2.31. The Morgan fingerprint density at radius 3 is 2.46 bits per heavy atom. The maximum atomic E-state index is 12.8. The number of non-ortho nitro benzene ring substituents is 1. The first kappa shape index (κ1) is 19.5. The standard InChI is InChI=1S/C16H19N5O4S/c1-3-20(4-2)26(24,25)16-11-14(21(22)23)5-6-15(16)19-18-12-13-7-9-17-10-8-13/h5-12,19H,3-4H2,1-2H3. The number of hydrogen-bond acceptors (Lipinski definition) is 7. The predicted octanol–water partition coefficient (Wildman–Crippen LogP) is 2.47. The monoisotopic (exact) mass is 377 g/mol. The van der Waals surface area contributed by atoms with Crippen molar-refractivity contribution in [1.82, 2.24) is 9.29 Å². The number of nitrogens with one attached hydrogen (secondary N) is 1. The van der Waals surface area contributed by atoms with Gasteiger partial charge in [-0.05, 0) is 23.8 Å². The van der Waals surface area contributed by atoms with Crippen LogP contribution in [0.1, 0.15) is 19.4 Å². The molecular weight excluding hydrogens is 358 g/mol. The number of rotatable bonds is 8. The van der Waals surface area contributed by atoms with Gasteiger partial charge in [0.1, 0.15) is 4.90 Å². The van der Waals surface area contributed by atoms with E-state index in [1.807, 2.05) is 0 Å². The first-order chi connectivity index (χ1) is 12.4. The Morgan fingerprint density at radius 2 is 1.88 bits per heavy atom. The average molecular weight is 377 g/mol. The van der Waals surface area contributed by atoms with Crippen molar-refractivity contribution >= 4 is 27.6 Å². The number of aromatic nitrogens is 1. The second-order valence-electron chi connectivity index (χ2n) is 5.18. The lowest BCUT2D eigenvalue weighted by molar-refractivity contribution is -0.385. The van der Waals surface area contributed by atoms with E-state index in [0.717, 1.165) is 11.6 Å². The first-order valence-corrected chi connectivity index (χ1v) is 9.31. The van der Waals surface area contributed by atoms with Crippen molar-refractivity contribution in [2.75, 3.05) is 18.5 Å². The smallest absolute Gasteiger partial charge is 0.270 e. The molecule has 1 heterocycles. The highest BCUT2D eigenvalue weighted by atomic mass is 32.2. The largest absolute Gasteiger partial charge is 0.277 e. The van der Waals surface area contributed by atoms with Crippen molar-refractivity contribution in [3.63, 3.8) is 0 Å². The lowest BCUT2D eigenvalue weighted by atomic mass is 10.3. The number of benzene rings is 1. The summed E-state index contributed by atoms with van der Waals surface area (Å²) in [6.45, 7) is 3.91. The molecule has 1 aromatic carbocycles. The second-order valence-corrected chi connectivity index (χ2v) is 7.08. The van der Waals surface area contributed by atoms with Gasteiger partial charge in [-0.2, -0.15) is 9.41 Å². The van der Waals surface area contributed by atoms with Gasteiger partial charge in [-0.3, -0.25) is 20.5 Å². The zero-order chi connectivity index (χ0) is 19.2. The topological polar surface area (TPSA) is 118 Å². The summed E-state index contributed by atoms with van der Waals surface area (Å²) in [5.41, 5.74) is 3.28. The van der Waals surface area contributed by atoms with Crippen LogP contribution in [0.5, 0.6) is 0 Å². The third kappa shape index (κ3) is 4.41. The molecular formula is C16H19N5O4S. The summed E-state index contributed by atoms with van der Waals surface area (Å²) in [5.74, 6) is 0. The Balaban J connectivity index is 2.42. The summed E-state index contributed by atoms with van der Waals surface area (Å²) in [4.78, 5) is 14.1. The molecule has 10 heteroatoms. The molecule has 138 valence electrons. The molecule has 0 radical (unpaired) electrons. The van der Waals surface area contributed by atoms with E-state index in [9.17, 15) is 18.5 Å². The van der Waals surface area contributed by atoms with Gasteiger partial charge in [0.05, 0.1) is 16.8 Å². The van der Waals surface area contributed by atoms with Crippen LogP contribution >= 0.6 is 0 Å². The molecule has 0 saturated heterocycles. The van der Waals surface area contributed by atoms with Crippen LogP contribution in [0.15, 0.2) is 52.7 Å². The van der Waals surface area contributed by atoms with E-state index < -0.39 is 14.9 Å². The van der Waals surface area contributed by atoms with Gasteiger partial charge in [0, 0.05) is 37.6 Å². The van der Waals surface area contributed by atoms with Gasteiger partial charge in [0.15, 0.2) is 0 Å². The quantitative estimate of drug-likeness (QED) is 0.429. The number of hydrazone groups is 1.